The Kier molecular flexibility index (Phi) is 5.53. The van der Waals surface area contributed by atoms with Gasteiger partial charge in [0.25, 0.3) is 0 Å². The van der Waals surface area contributed by atoms with Gasteiger partial charge in [0, 0.05) is 7.11 Å². The molecule has 0 unspecified atom stereocenters. The third-order valence-corrected chi connectivity index (χ3v) is 2.20. The van der Waals surface area contributed by atoms with Crippen LogP contribution in [-0.4, -0.2) is 38.0 Å². The van der Waals surface area contributed by atoms with E-state index >= 15 is 0 Å². The van der Waals surface area contributed by atoms with Crippen LogP contribution in [0.2, 0.25) is 0 Å². The van der Waals surface area contributed by atoms with Crippen molar-refractivity contribution >= 4 is 5.97 Å². The van der Waals surface area contributed by atoms with Crippen molar-refractivity contribution in [3.63, 3.8) is 0 Å². The van der Waals surface area contributed by atoms with Gasteiger partial charge < -0.3 is 14.6 Å². The second-order valence-electron chi connectivity index (χ2n) is 3.32. The molecule has 88 valence electrons. The Hall–Kier alpha value is -1.39. The summed E-state index contributed by atoms with van der Waals surface area (Å²) in [5, 5.41) is 8.95. The third-order valence-electron chi connectivity index (χ3n) is 2.20. The molecule has 0 saturated heterocycles. The van der Waals surface area contributed by atoms with Gasteiger partial charge in [-0.2, -0.15) is 0 Å². The highest BCUT2D eigenvalue weighted by atomic mass is 16.5. The SMILES string of the molecule is COCCOCCc1ccccc1C(=O)O. The number of carboxylic acid groups (broad SMARTS) is 1. The van der Waals surface area contributed by atoms with E-state index in [1.54, 1.807) is 19.2 Å². The van der Waals surface area contributed by atoms with Crippen LogP contribution in [0.5, 0.6) is 0 Å². The molecular weight excluding hydrogens is 208 g/mol. The third kappa shape index (κ3) is 4.00. The van der Waals surface area contributed by atoms with Gasteiger partial charge in [0.15, 0.2) is 0 Å². The summed E-state index contributed by atoms with van der Waals surface area (Å²) >= 11 is 0. The van der Waals surface area contributed by atoms with Crippen molar-refractivity contribution in [2.75, 3.05) is 26.9 Å². The van der Waals surface area contributed by atoms with Gasteiger partial charge in [-0.05, 0) is 18.1 Å². The van der Waals surface area contributed by atoms with Gasteiger partial charge in [0.1, 0.15) is 0 Å². The zero-order valence-electron chi connectivity index (χ0n) is 9.31. The first-order valence-electron chi connectivity index (χ1n) is 5.13. The van der Waals surface area contributed by atoms with Crippen molar-refractivity contribution in [2.45, 2.75) is 6.42 Å². The minimum Gasteiger partial charge on any atom is -0.478 e. The lowest BCUT2D eigenvalue weighted by Gasteiger charge is -2.06. The van der Waals surface area contributed by atoms with E-state index in [4.69, 9.17) is 14.6 Å². The van der Waals surface area contributed by atoms with E-state index < -0.39 is 5.97 Å². The molecule has 4 heteroatoms. The van der Waals surface area contributed by atoms with Gasteiger partial charge >= 0.3 is 5.97 Å². The quantitative estimate of drug-likeness (QED) is 0.714. The van der Waals surface area contributed by atoms with E-state index in [9.17, 15) is 4.79 Å². The molecule has 0 atom stereocenters. The maximum absolute atomic E-state index is 10.9. The highest BCUT2D eigenvalue weighted by Gasteiger charge is 2.07. The van der Waals surface area contributed by atoms with Gasteiger partial charge in [-0.15, -0.1) is 0 Å². The zero-order valence-corrected chi connectivity index (χ0v) is 9.31. The lowest BCUT2D eigenvalue weighted by molar-refractivity contribution is 0.0683. The molecule has 1 aromatic carbocycles. The van der Waals surface area contributed by atoms with Crippen molar-refractivity contribution < 1.29 is 19.4 Å². The second-order valence-corrected chi connectivity index (χ2v) is 3.32. The molecule has 0 aliphatic heterocycles. The van der Waals surface area contributed by atoms with E-state index in [1.165, 1.54) is 0 Å². The monoisotopic (exact) mass is 224 g/mol. The highest BCUT2D eigenvalue weighted by Crippen LogP contribution is 2.09. The number of carboxylic acids is 1. The van der Waals surface area contributed by atoms with Gasteiger partial charge in [-0.25, -0.2) is 4.79 Å². The van der Waals surface area contributed by atoms with Crippen LogP contribution in [0.1, 0.15) is 15.9 Å². The minimum absolute atomic E-state index is 0.345. The van der Waals surface area contributed by atoms with Crippen LogP contribution < -0.4 is 0 Å². The summed E-state index contributed by atoms with van der Waals surface area (Å²) in [7, 11) is 1.61. The molecule has 1 aromatic rings. The predicted octanol–water partition coefficient (Wildman–Crippen LogP) is 1.59. The lowest BCUT2D eigenvalue weighted by atomic mass is 10.1. The van der Waals surface area contributed by atoms with E-state index in [1.807, 2.05) is 12.1 Å². The molecule has 0 heterocycles. The molecule has 0 amide bonds. The maximum atomic E-state index is 10.9. The number of carbonyl (C=O) groups is 1. The summed E-state index contributed by atoms with van der Waals surface area (Å²) in [6.07, 6.45) is 0.603. The van der Waals surface area contributed by atoms with Crippen LogP contribution in [0.15, 0.2) is 24.3 Å². The van der Waals surface area contributed by atoms with Gasteiger partial charge in [0.2, 0.25) is 0 Å². The molecule has 4 nitrogen and oxygen atoms in total. The number of aromatic carboxylic acids is 1. The Bertz CT molecular complexity index is 336. The van der Waals surface area contributed by atoms with Crippen molar-refractivity contribution in [3.8, 4) is 0 Å². The van der Waals surface area contributed by atoms with Crippen LogP contribution in [0.4, 0.5) is 0 Å². The van der Waals surface area contributed by atoms with Crippen molar-refractivity contribution in [1.29, 1.82) is 0 Å². The summed E-state index contributed by atoms with van der Waals surface area (Å²) in [4.78, 5) is 10.9. The molecular formula is C12H16O4. The molecule has 0 radical (unpaired) electrons. The molecule has 0 spiro atoms. The van der Waals surface area contributed by atoms with Crippen molar-refractivity contribution in [1.82, 2.24) is 0 Å². The van der Waals surface area contributed by atoms with Crippen LogP contribution in [0, 0.1) is 0 Å². The molecule has 0 saturated carbocycles. The average Bonchev–Trinajstić information content (AvgIpc) is 2.29. The normalized spacial score (nSPS) is 10.3. The Labute approximate surface area is 94.8 Å². The number of ether oxygens (including phenoxy) is 2. The molecule has 0 aromatic heterocycles. The molecule has 16 heavy (non-hydrogen) atoms. The standard InChI is InChI=1S/C12H16O4/c1-15-8-9-16-7-6-10-4-2-3-5-11(10)12(13)14/h2-5H,6-9H2,1H3,(H,13,14). The number of methoxy groups -OCH3 is 1. The summed E-state index contributed by atoms with van der Waals surface area (Å²) in [6, 6.07) is 6.96. The number of hydrogen-bond acceptors (Lipinski definition) is 3. The van der Waals surface area contributed by atoms with Crippen LogP contribution in [0.3, 0.4) is 0 Å². The van der Waals surface area contributed by atoms with Gasteiger partial charge in [0.05, 0.1) is 25.4 Å². The fourth-order valence-electron chi connectivity index (χ4n) is 1.37. The first kappa shape index (κ1) is 12.7. The van der Waals surface area contributed by atoms with E-state index in [0.29, 0.717) is 31.8 Å². The number of hydrogen-bond donors (Lipinski definition) is 1. The summed E-state index contributed by atoms with van der Waals surface area (Å²) in [5.74, 6) is -0.896. The highest BCUT2D eigenvalue weighted by molar-refractivity contribution is 5.89. The van der Waals surface area contributed by atoms with Gasteiger partial charge in [-0.3, -0.25) is 0 Å². The molecule has 1 rings (SSSR count). The van der Waals surface area contributed by atoms with Crippen LogP contribution >= 0.6 is 0 Å². The average molecular weight is 224 g/mol. The summed E-state index contributed by atoms with van der Waals surface area (Å²) < 4.78 is 10.1. The fraction of sp³-hybridized carbons (Fsp3) is 0.417. The molecule has 1 N–H and O–H groups in total. The Morgan fingerprint density at radius 3 is 2.69 bits per heavy atom. The second kappa shape index (κ2) is 6.98. The first-order valence-corrected chi connectivity index (χ1v) is 5.13. The first-order chi connectivity index (χ1) is 7.75. The van der Waals surface area contributed by atoms with Crippen LogP contribution in [0.25, 0.3) is 0 Å². The van der Waals surface area contributed by atoms with Crippen LogP contribution in [-0.2, 0) is 15.9 Å². The predicted molar refractivity (Wildman–Crippen MR) is 59.8 cm³/mol. The van der Waals surface area contributed by atoms with Crippen molar-refractivity contribution in [3.05, 3.63) is 35.4 Å². The lowest BCUT2D eigenvalue weighted by Crippen LogP contribution is -2.08. The number of rotatable bonds is 7. The van der Waals surface area contributed by atoms with E-state index in [-0.39, 0.29) is 0 Å². The van der Waals surface area contributed by atoms with Crippen molar-refractivity contribution in [2.24, 2.45) is 0 Å². The minimum atomic E-state index is -0.896. The Morgan fingerprint density at radius 2 is 2.00 bits per heavy atom. The smallest absolute Gasteiger partial charge is 0.335 e. The Balaban J connectivity index is 2.44. The maximum Gasteiger partial charge on any atom is 0.335 e. The molecule has 0 fully saturated rings. The molecule has 0 aliphatic carbocycles. The zero-order chi connectivity index (χ0) is 11.8. The Morgan fingerprint density at radius 1 is 1.25 bits per heavy atom. The fourth-order valence-corrected chi connectivity index (χ4v) is 1.37. The number of benzene rings is 1. The topological polar surface area (TPSA) is 55.8 Å². The summed E-state index contributed by atoms with van der Waals surface area (Å²) in [5.41, 5.74) is 1.14. The van der Waals surface area contributed by atoms with E-state index in [2.05, 4.69) is 0 Å². The summed E-state index contributed by atoms with van der Waals surface area (Å²) in [6.45, 7) is 1.60. The van der Waals surface area contributed by atoms with Gasteiger partial charge in [-0.1, -0.05) is 18.2 Å². The molecule has 0 bridgehead atoms. The largest absolute Gasteiger partial charge is 0.478 e. The molecule has 0 aliphatic rings. The van der Waals surface area contributed by atoms with E-state index in [0.717, 1.165) is 5.56 Å².